The highest BCUT2D eigenvalue weighted by Gasteiger charge is 2.33. The Morgan fingerprint density at radius 2 is 0.795 bits per heavy atom. The Morgan fingerprint density at radius 1 is 0.489 bits per heavy atom. The fourth-order valence-corrected chi connectivity index (χ4v) is 9.18. The molecule has 2 saturated carbocycles. The maximum Gasteiger partial charge on any atom is 0.249 e. The van der Waals surface area contributed by atoms with E-state index < -0.39 is 17.7 Å². The third-order valence-corrected chi connectivity index (χ3v) is 13.2. The maximum absolute atomic E-state index is 13.2. The van der Waals surface area contributed by atoms with Gasteiger partial charge in [0.2, 0.25) is 29.5 Å². The first-order chi connectivity index (χ1) is 40.2. The minimum absolute atomic E-state index is 0.000810. The summed E-state index contributed by atoms with van der Waals surface area (Å²) in [7, 11) is 0. The molecule has 1 aromatic rings. The van der Waals surface area contributed by atoms with Crippen molar-refractivity contribution in [3.63, 3.8) is 0 Å². The summed E-state index contributed by atoms with van der Waals surface area (Å²) in [6.07, 6.45) is 14.3. The zero-order valence-electron chi connectivity index (χ0n) is 60.6. The third-order valence-electron chi connectivity index (χ3n) is 13.2. The average Bonchev–Trinajstić information content (AvgIpc) is 4.22. The standard InChI is InChI=1S/C17H25F2NO.C15H29NO2.C14H29NO2.2C13H25NO2/c1-11(2)15(16(21)20-17(3,4)5)7-6-12-8-13(18)10-14(19)9-12;1-5-10-18-13(11-12-8-6-7-9-12)14(17)16-15(2,3)4;1-8-9-17-11(10-13(2,3)4)12(16)15-14(5,6)7;1-5-8-16-11(9-10-6-7-10)12(15)14-13(2,3)4;1-7-8-16-11(9-10(2)3)12(15)14-13(4,5)6/h8-11,15H,6-7H2,1-5H3,(H,20,21);12-13H,5-11H2,1-4H3,(H,16,17);11H,8-10H2,1-7H3,(H,15,16);10-11H,5-9H2,1-4H3,(H,14,15);11H,2,7-9H2,1,3-6H3,(H,14,15). The zero-order chi connectivity index (χ0) is 68.4. The van der Waals surface area contributed by atoms with Crippen molar-refractivity contribution >= 4 is 29.5 Å². The number of hydrogen-bond acceptors (Lipinski definition) is 9. The number of carbonyl (C=O) groups excluding carboxylic acids is 5. The number of carbonyl (C=O) groups is 5. The lowest BCUT2D eigenvalue weighted by molar-refractivity contribution is -0.136. The van der Waals surface area contributed by atoms with Gasteiger partial charge in [-0.05, 0) is 209 Å². The first kappa shape index (κ1) is 86.1. The van der Waals surface area contributed by atoms with Crippen molar-refractivity contribution in [3.8, 4) is 0 Å². The SMILES string of the molecule is C=C(C)CC(OCCC)C(=O)NC(C)(C)C.CC(C)C(CCc1cc(F)cc(F)c1)C(=O)NC(C)(C)C.CCCOC(CC(C)(C)C)C(=O)NC(C)(C)C.CCCOC(CC1CC1)C(=O)NC(C)(C)C.CCCOC(CC1CCCC1)C(=O)NC(C)(C)C. The first-order valence-corrected chi connectivity index (χ1v) is 33.4. The second kappa shape index (κ2) is 42.2. The molecule has 0 aliphatic heterocycles. The predicted octanol–water partition coefficient (Wildman–Crippen LogP) is 15.7. The molecule has 3 rings (SSSR count). The van der Waals surface area contributed by atoms with E-state index in [2.05, 4.69) is 74.7 Å². The molecule has 0 saturated heterocycles. The molecule has 2 aliphatic rings. The van der Waals surface area contributed by atoms with Crippen LogP contribution in [-0.2, 0) is 49.3 Å². The van der Waals surface area contributed by atoms with Crippen molar-refractivity contribution in [1.82, 2.24) is 26.6 Å². The van der Waals surface area contributed by atoms with Crippen molar-refractivity contribution in [2.75, 3.05) is 26.4 Å². The van der Waals surface area contributed by atoms with E-state index >= 15 is 0 Å². The van der Waals surface area contributed by atoms with Crippen LogP contribution in [0.25, 0.3) is 0 Å². The summed E-state index contributed by atoms with van der Waals surface area (Å²) in [4.78, 5) is 60.5. The van der Waals surface area contributed by atoms with E-state index in [0.29, 0.717) is 63.1 Å². The molecule has 5 unspecified atom stereocenters. The summed E-state index contributed by atoms with van der Waals surface area (Å²) in [5, 5.41) is 14.9. The molecule has 514 valence electrons. The monoisotopic (exact) mass is 1250 g/mol. The quantitative estimate of drug-likeness (QED) is 0.0510. The van der Waals surface area contributed by atoms with E-state index in [4.69, 9.17) is 18.9 Å². The molecule has 5 atom stereocenters. The molecule has 0 spiro atoms. The number of halogens is 2. The van der Waals surface area contributed by atoms with Crippen molar-refractivity contribution in [3.05, 3.63) is 47.5 Å². The smallest absolute Gasteiger partial charge is 0.249 e. The fourth-order valence-electron chi connectivity index (χ4n) is 9.18. The van der Waals surface area contributed by atoms with Gasteiger partial charge >= 0.3 is 0 Å². The van der Waals surface area contributed by atoms with Crippen LogP contribution in [0.15, 0.2) is 30.4 Å². The first-order valence-electron chi connectivity index (χ1n) is 33.4. The fraction of sp³-hybridized carbons (Fsp3) is 0.819. The van der Waals surface area contributed by atoms with Crippen molar-refractivity contribution < 1.29 is 51.7 Å². The molecule has 14 nitrogen and oxygen atoms in total. The summed E-state index contributed by atoms with van der Waals surface area (Å²) in [6.45, 7) is 56.6. The predicted molar refractivity (Wildman–Crippen MR) is 360 cm³/mol. The molecular formula is C72H133F2N5O9. The van der Waals surface area contributed by atoms with E-state index in [0.717, 1.165) is 56.6 Å². The van der Waals surface area contributed by atoms with Crippen LogP contribution in [0.4, 0.5) is 8.78 Å². The number of amides is 5. The Kier molecular flexibility index (Phi) is 41.3. The lowest BCUT2D eigenvalue weighted by Crippen LogP contribution is -2.47. The van der Waals surface area contributed by atoms with E-state index in [1.165, 1.54) is 50.7 Å². The van der Waals surface area contributed by atoms with Gasteiger partial charge in [0.05, 0.1) is 0 Å². The Labute approximate surface area is 536 Å². The van der Waals surface area contributed by atoms with Gasteiger partial charge in [0, 0.05) is 72.5 Å². The zero-order valence-corrected chi connectivity index (χ0v) is 60.6. The minimum Gasteiger partial charge on any atom is -0.368 e. The van der Waals surface area contributed by atoms with Crippen LogP contribution in [0.5, 0.6) is 0 Å². The number of nitrogens with one attached hydrogen (secondary N) is 5. The molecule has 0 radical (unpaired) electrons. The summed E-state index contributed by atoms with van der Waals surface area (Å²) in [6, 6.07) is 3.50. The Hall–Kier alpha value is -3.99. The summed E-state index contributed by atoms with van der Waals surface area (Å²) in [5.74, 6) is 0.289. The van der Waals surface area contributed by atoms with Crippen molar-refractivity contribution in [2.24, 2.45) is 29.1 Å². The lowest BCUT2D eigenvalue weighted by atomic mass is 9.88. The molecule has 16 heteroatoms. The van der Waals surface area contributed by atoms with E-state index in [1.807, 2.05) is 132 Å². The number of hydrogen-bond donors (Lipinski definition) is 5. The van der Waals surface area contributed by atoms with Gasteiger partial charge in [-0.25, -0.2) is 8.78 Å². The second-order valence-corrected chi connectivity index (χ2v) is 31.3. The molecule has 0 aromatic heterocycles. The topological polar surface area (TPSA) is 182 Å². The van der Waals surface area contributed by atoms with Gasteiger partial charge in [-0.3, -0.25) is 24.0 Å². The number of benzene rings is 1. The lowest BCUT2D eigenvalue weighted by Gasteiger charge is -2.29. The van der Waals surface area contributed by atoms with E-state index in [-0.39, 0.29) is 92.8 Å². The van der Waals surface area contributed by atoms with Crippen LogP contribution in [0.1, 0.15) is 275 Å². The maximum atomic E-state index is 13.2. The van der Waals surface area contributed by atoms with Crippen molar-refractivity contribution in [2.45, 2.75) is 328 Å². The highest BCUT2D eigenvalue weighted by Crippen LogP contribution is 2.34. The van der Waals surface area contributed by atoms with Crippen LogP contribution >= 0.6 is 0 Å². The van der Waals surface area contributed by atoms with Gasteiger partial charge in [0.25, 0.3) is 0 Å². The number of rotatable bonds is 28. The Bertz CT molecular complexity index is 2120. The third kappa shape index (κ3) is 48.8. The van der Waals surface area contributed by atoms with Crippen LogP contribution in [0, 0.1) is 40.7 Å². The molecule has 2 aliphatic carbocycles. The van der Waals surface area contributed by atoms with Crippen LogP contribution in [-0.4, -0.2) is 108 Å². The molecular weight excluding hydrogens is 1120 g/mol. The summed E-state index contributed by atoms with van der Waals surface area (Å²) in [5.41, 5.74) is 0.576. The van der Waals surface area contributed by atoms with Gasteiger partial charge in [0.1, 0.15) is 36.1 Å². The van der Waals surface area contributed by atoms with E-state index in [9.17, 15) is 32.8 Å². The van der Waals surface area contributed by atoms with Gasteiger partial charge in [-0.1, -0.05) is 106 Å². The Balaban J connectivity index is 0. The second-order valence-electron chi connectivity index (χ2n) is 31.3. The van der Waals surface area contributed by atoms with Gasteiger partial charge in [0.15, 0.2) is 0 Å². The molecule has 1 aromatic carbocycles. The van der Waals surface area contributed by atoms with Gasteiger partial charge in [-0.2, -0.15) is 0 Å². The molecule has 2 fully saturated rings. The van der Waals surface area contributed by atoms with Gasteiger partial charge < -0.3 is 45.5 Å². The molecule has 5 amide bonds. The minimum atomic E-state index is -0.578. The number of ether oxygens (including phenoxy) is 4. The molecule has 88 heavy (non-hydrogen) atoms. The average molecular weight is 1250 g/mol. The van der Waals surface area contributed by atoms with Crippen LogP contribution in [0.2, 0.25) is 0 Å². The molecule has 5 N–H and O–H groups in total. The highest BCUT2D eigenvalue weighted by atomic mass is 19.1. The normalized spacial score (nSPS) is 15.6. The van der Waals surface area contributed by atoms with Crippen molar-refractivity contribution in [1.29, 1.82) is 0 Å². The number of aryl methyl sites for hydroxylation is 1. The molecule has 0 heterocycles. The molecule has 0 bridgehead atoms. The highest BCUT2D eigenvalue weighted by molar-refractivity contribution is 5.83. The van der Waals surface area contributed by atoms with Crippen LogP contribution in [0.3, 0.4) is 0 Å². The van der Waals surface area contributed by atoms with Crippen LogP contribution < -0.4 is 26.6 Å². The summed E-state index contributed by atoms with van der Waals surface area (Å²) < 4.78 is 48.9. The summed E-state index contributed by atoms with van der Waals surface area (Å²) >= 11 is 0. The Morgan fingerprint density at radius 3 is 1.10 bits per heavy atom. The van der Waals surface area contributed by atoms with E-state index in [1.54, 1.807) is 0 Å². The van der Waals surface area contributed by atoms with Gasteiger partial charge in [-0.15, -0.1) is 6.58 Å². The largest absolute Gasteiger partial charge is 0.368 e.